The number of carboxylic acids is 1. The monoisotopic (exact) mass is 357 g/mol. The third-order valence-corrected chi connectivity index (χ3v) is 5.32. The van der Waals surface area contributed by atoms with Gasteiger partial charge in [-0.15, -0.1) is 0 Å². The van der Waals surface area contributed by atoms with Crippen molar-refractivity contribution < 1.29 is 19.1 Å². The van der Waals surface area contributed by atoms with Gasteiger partial charge in [-0.25, -0.2) is 9.07 Å². The van der Waals surface area contributed by atoms with Gasteiger partial charge in [0, 0.05) is 17.3 Å². The molecule has 4 rings (SSSR count). The number of halogens is 1. The second-order valence-corrected chi connectivity index (χ2v) is 7.04. The number of aromatic nitrogens is 2. The van der Waals surface area contributed by atoms with Gasteiger partial charge in [0.25, 0.3) is 5.91 Å². The summed E-state index contributed by atoms with van der Waals surface area (Å²) < 4.78 is 15.2. The Balaban J connectivity index is 1.58. The fourth-order valence-corrected chi connectivity index (χ4v) is 4.03. The van der Waals surface area contributed by atoms with Crippen molar-refractivity contribution in [2.24, 2.45) is 5.92 Å². The van der Waals surface area contributed by atoms with E-state index in [0.717, 1.165) is 30.5 Å². The lowest BCUT2D eigenvalue weighted by atomic mass is 10.1. The minimum Gasteiger partial charge on any atom is -0.481 e. The number of nitrogens with one attached hydrogen (secondary N) is 1. The van der Waals surface area contributed by atoms with Gasteiger partial charge < -0.3 is 10.4 Å². The van der Waals surface area contributed by atoms with Crippen LogP contribution in [0.15, 0.2) is 24.3 Å². The number of carbonyl (C=O) groups is 2. The van der Waals surface area contributed by atoms with Gasteiger partial charge in [-0.1, -0.05) is 6.07 Å². The molecule has 2 aliphatic carbocycles. The largest absolute Gasteiger partial charge is 0.481 e. The Morgan fingerprint density at radius 3 is 2.85 bits per heavy atom. The quantitative estimate of drug-likeness (QED) is 0.880. The summed E-state index contributed by atoms with van der Waals surface area (Å²) in [5.41, 5.74) is 2.85. The summed E-state index contributed by atoms with van der Waals surface area (Å²) >= 11 is 0. The van der Waals surface area contributed by atoms with Crippen LogP contribution in [0.3, 0.4) is 0 Å². The van der Waals surface area contributed by atoms with Crippen molar-refractivity contribution in [2.45, 2.75) is 44.6 Å². The van der Waals surface area contributed by atoms with Crippen LogP contribution >= 0.6 is 0 Å². The molecule has 2 N–H and O–H groups in total. The number of fused-ring (bicyclic) bond motifs is 1. The molecule has 0 spiro atoms. The molecule has 136 valence electrons. The lowest BCUT2D eigenvalue weighted by molar-refractivity contribution is -0.141. The van der Waals surface area contributed by atoms with Crippen LogP contribution in [0.2, 0.25) is 0 Å². The molecule has 0 bridgehead atoms. The predicted octanol–water partition coefficient (Wildman–Crippen LogP) is 2.48. The zero-order chi connectivity index (χ0) is 18.3. The molecule has 0 saturated heterocycles. The van der Waals surface area contributed by atoms with E-state index in [0.29, 0.717) is 30.6 Å². The maximum Gasteiger partial charge on any atom is 0.306 e. The summed E-state index contributed by atoms with van der Waals surface area (Å²) in [6.07, 6.45) is 4.21. The maximum atomic E-state index is 13.6. The van der Waals surface area contributed by atoms with Gasteiger partial charge in [-0.3, -0.25) is 9.59 Å². The molecule has 1 heterocycles. The Labute approximate surface area is 150 Å². The molecular weight excluding hydrogens is 337 g/mol. The maximum absolute atomic E-state index is 13.6. The first-order chi connectivity index (χ1) is 12.5. The molecule has 2 aliphatic rings. The molecule has 0 unspecified atom stereocenters. The van der Waals surface area contributed by atoms with Crippen LogP contribution in [0, 0.1) is 11.7 Å². The highest BCUT2D eigenvalue weighted by atomic mass is 19.1. The molecule has 2 aromatic rings. The van der Waals surface area contributed by atoms with E-state index in [1.165, 1.54) is 12.1 Å². The molecule has 1 aromatic carbocycles. The predicted molar refractivity (Wildman–Crippen MR) is 91.8 cm³/mol. The summed E-state index contributed by atoms with van der Waals surface area (Å²) in [5.74, 6) is -1.82. The molecule has 1 fully saturated rings. The van der Waals surface area contributed by atoms with Crippen molar-refractivity contribution in [3.05, 3.63) is 47.0 Å². The summed E-state index contributed by atoms with van der Waals surface area (Å²) in [4.78, 5) is 23.8. The van der Waals surface area contributed by atoms with Crippen LogP contribution in [0.25, 0.3) is 5.69 Å². The first-order valence-electron chi connectivity index (χ1n) is 8.93. The first-order valence-corrected chi connectivity index (χ1v) is 8.93. The Bertz CT molecular complexity index is 877. The van der Waals surface area contributed by atoms with Crippen molar-refractivity contribution in [3.8, 4) is 5.69 Å². The van der Waals surface area contributed by atoms with E-state index in [9.17, 15) is 14.0 Å². The van der Waals surface area contributed by atoms with Crippen molar-refractivity contribution in [2.75, 3.05) is 0 Å². The first kappa shape index (κ1) is 16.8. The van der Waals surface area contributed by atoms with Crippen LogP contribution in [0.1, 0.15) is 47.4 Å². The Kier molecular flexibility index (Phi) is 4.22. The van der Waals surface area contributed by atoms with Crippen LogP contribution < -0.4 is 5.32 Å². The highest BCUT2D eigenvalue weighted by Crippen LogP contribution is 2.29. The summed E-state index contributed by atoms with van der Waals surface area (Å²) in [5, 5.41) is 16.5. The lowest BCUT2D eigenvalue weighted by Crippen LogP contribution is -2.34. The fourth-order valence-electron chi connectivity index (χ4n) is 4.03. The molecule has 7 heteroatoms. The Hall–Kier alpha value is -2.70. The molecule has 0 aliphatic heterocycles. The van der Waals surface area contributed by atoms with Crippen LogP contribution in [-0.2, 0) is 17.6 Å². The zero-order valence-corrected chi connectivity index (χ0v) is 14.2. The highest BCUT2D eigenvalue weighted by molar-refractivity contribution is 5.94. The van der Waals surface area contributed by atoms with Gasteiger partial charge >= 0.3 is 5.97 Å². The lowest BCUT2D eigenvalue weighted by Gasteiger charge is -2.11. The summed E-state index contributed by atoms with van der Waals surface area (Å²) in [6.45, 7) is 0. The van der Waals surface area contributed by atoms with Crippen LogP contribution in [0.5, 0.6) is 0 Å². The summed E-state index contributed by atoms with van der Waals surface area (Å²) in [6, 6.07) is 6.03. The highest BCUT2D eigenvalue weighted by Gasteiger charge is 2.33. The van der Waals surface area contributed by atoms with Crippen molar-refractivity contribution in [3.63, 3.8) is 0 Å². The fraction of sp³-hybridized carbons (Fsp3) is 0.421. The van der Waals surface area contributed by atoms with E-state index in [2.05, 4.69) is 10.4 Å². The van der Waals surface area contributed by atoms with E-state index in [1.54, 1.807) is 16.8 Å². The Morgan fingerprint density at radius 2 is 2.12 bits per heavy atom. The molecule has 0 radical (unpaired) electrons. The second-order valence-electron chi connectivity index (χ2n) is 7.04. The SMILES string of the molecule is O=C(N[C@@H]1CC[C@H](C(=O)O)C1)c1nn(-c2cccc(F)c2)c2c1CCC2. The van der Waals surface area contributed by atoms with E-state index >= 15 is 0 Å². The number of carbonyl (C=O) groups excluding carboxylic acids is 1. The Morgan fingerprint density at radius 1 is 1.27 bits per heavy atom. The van der Waals surface area contributed by atoms with E-state index in [4.69, 9.17) is 5.11 Å². The van der Waals surface area contributed by atoms with Gasteiger partial charge in [0.05, 0.1) is 11.6 Å². The van der Waals surface area contributed by atoms with Crippen molar-refractivity contribution in [1.29, 1.82) is 0 Å². The average molecular weight is 357 g/mol. The van der Waals surface area contributed by atoms with Gasteiger partial charge in [-0.05, 0) is 56.7 Å². The number of amides is 1. The standard InChI is InChI=1S/C19H20FN3O3/c20-12-3-1-4-14(10-12)23-16-6-2-5-15(16)17(22-23)18(24)21-13-8-7-11(9-13)19(25)26/h1,3-4,10-11,13H,2,5-9H2,(H,21,24)(H,25,26)/t11-,13+/m0/s1. The van der Waals surface area contributed by atoms with Crippen LogP contribution in [0.4, 0.5) is 4.39 Å². The molecular formula is C19H20FN3O3. The number of carboxylic acid groups (broad SMARTS) is 1. The van der Waals surface area contributed by atoms with Gasteiger partial charge in [0.1, 0.15) is 5.82 Å². The van der Waals surface area contributed by atoms with E-state index < -0.39 is 11.9 Å². The van der Waals surface area contributed by atoms with Crippen molar-refractivity contribution >= 4 is 11.9 Å². The van der Waals surface area contributed by atoms with Crippen molar-refractivity contribution in [1.82, 2.24) is 15.1 Å². The molecule has 26 heavy (non-hydrogen) atoms. The topological polar surface area (TPSA) is 84.2 Å². The average Bonchev–Trinajstić information content (AvgIpc) is 3.30. The number of aliphatic carboxylic acids is 1. The second kappa shape index (κ2) is 6.55. The number of hydrogen-bond donors (Lipinski definition) is 2. The zero-order valence-electron chi connectivity index (χ0n) is 14.2. The van der Waals surface area contributed by atoms with Gasteiger partial charge in [-0.2, -0.15) is 5.10 Å². The number of rotatable bonds is 4. The van der Waals surface area contributed by atoms with E-state index in [1.807, 2.05) is 0 Å². The molecule has 1 saturated carbocycles. The van der Waals surface area contributed by atoms with Gasteiger partial charge in [0.15, 0.2) is 5.69 Å². The molecule has 1 aromatic heterocycles. The molecule has 6 nitrogen and oxygen atoms in total. The third kappa shape index (κ3) is 2.98. The summed E-state index contributed by atoms with van der Waals surface area (Å²) in [7, 11) is 0. The molecule has 1 amide bonds. The van der Waals surface area contributed by atoms with Crippen LogP contribution in [-0.4, -0.2) is 32.8 Å². The van der Waals surface area contributed by atoms with E-state index in [-0.39, 0.29) is 17.8 Å². The van der Waals surface area contributed by atoms with Gasteiger partial charge in [0.2, 0.25) is 0 Å². The minimum absolute atomic E-state index is 0.139. The number of benzene rings is 1. The molecule has 2 atom stereocenters. The normalized spacial score (nSPS) is 21.6. The smallest absolute Gasteiger partial charge is 0.306 e. The number of hydrogen-bond acceptors (Lipinski definition) is 3. The minimum atomic E-state index is -0.807. The third-order valence-electron chi connectivity index (χ3n) is 5.32. The number of nitrogens with zero attached hydrogens (tertiary/aromatic N) is 2.